The smallest absolute Gasteiger partial charge is 0.341 e. The highest BCUT2D eigenvalue weighted by atomic mass is 35.5. The lowest BCUT2D eigenvalue weighted by Crippen LogP contribution is -2.38. The first kappa shape index (κ1) is 25.9. The van der Waals surface area contributed by atoms with Crippen molar-refractivity contribution in [2.24, 2.45) is 5.92 Å². The largest absolute Gasteiger partial charge is 0.462 e. The highest BCUT2D eigenvalue weighted by molar-refractivity contribution is 6.32. The molecule has 1 heterocycles. The van der Waals surface area contributed by atoms with Crippen molar-refractivity contribution in [2.75, 3.05) is 11.5 Å². The van der Waals surface area contributed by atoms with E-state index in [4.69, 9.17) is 27.9 Å². The Balaban J connectivity index is 2.37. The number of benzene rings is 1. The summed E-state index contributed by atoms with van der Waals surface area (Å²) in [5.74, 6) is -1.90. The second-order valence-electron chi connectivity index (χ2n) is 7.44. The Bertz CT molecular complexity index is 1000. The molecule has 2 atom stereocenters. The highest BCUT2D eigenvalue weighted by Gasteiger charge is 2.38. The average molecular weight is 486 g/mol. The number of hydrogen-bond donors (Lipinski definition) is 0. The molecular formula is C23H27Cl2F2N3O2. The zero-order valence-corrected chi connectivity index (χ0v) is 20.1. The van der Waals surface area contributed by atoms with Crippen molar-refractivity contribution in [3.8, 4) is 0 Å². The maximum Gasteiger partial charge on any atom is 0.341 e. The quantitative estimate of drug-likeness (QED) is 0.221. The molecule has 2 rings (SSSR count). The van der Waals surface area contributed by atoms with Gasteiger partial charge in [-0.15, -0.1) is 11.6 Å². The van der Waals surface area contributed by atoms with Crippen LogP contribution < -0.4 is 4.90 Å². The summed E-state index contributed by atoms with van der Waals surface area (Å²) in [4.78, 5) is 12.1. The predicted octanol–water partition coefficient (Wildman–Crippen LogP) is 6.42. The number of aryl methyl sites for hydroxylation is 1. The number of anilines is 1. The number of hydrogen-bond acceptors (Lipinski definition) is 4. The number of allylic oxidation sites excluding steroid dienone is 1. The molecule has 0 aliphatic heterocycles. The van der Waals surface area contributed by atoms with Crippen LogP contribution in [0, 0.1) is 11.7 Å². The SMILES string of the molecule is C=C(Cl)N(/C(=C\F)C(C)(Cl)C(C)Cc1cccc(C(=O)OCC)c1F)c1cnn(CC)c1. The Morgan fingerprint density at radius 2 is 2.12 bits per heavy atom. The summed E-state index contributed by atoms with van der Waals surface area (Å²) >= 11 is 13.0. The second-order valence-corrected chi connectivity index (χ2v) is 8.66. The Kier molecular flexibility index (Phi) is 8.87. The van der Waals surface area contributed by atoms with Crippen LogP contribution in [0.5, 0.6) is 0 Å². The van der Waals surface area contributed by atoms with Crippen LogP contribution >= 0.6 is 23.2 Å². The fraction of sp³-hybridized carbons (Fsp3) is 0.391. The third-order valence-electron chi connectivity index (χ3n) is 5.32. The van der Waals surface area contributed by atoms with Gasteiger partial charge in [-0.05, 0) is 44.7 Å². The number of carbonyl (C=O) groups is 1. The monoisotopic (exact) mass is 485 g/mol. The molecule has 0 amide bonds. The van der Waals surface area contributed by atoms with Gasteiger partial charge < -0.3 is 4.74 Å². The van der Waals surface area contributed by atoms with Gasteiger partial charge in [0.05, 0.1) is 34.6 Å². The molecule has 1 aromatic heterocycles. The fourth-order valence-corrected chi connectivity index (χ4v) is 3.69. The number of carbonyl (C=O) groups excluding carboxylic acids is 1. The van der Waals surface area contributed by atoms with Crippen LogP contribution in [0.25, 0.3) is 0 Å². The van der Waals surface area contributed by atoms with Crippen LogP contribution in [0.1, 0.15) is 43.6 Å². The Hall–Kier alpha value is -2.38. The molecule has 0 saturated carbocycles. The lowest BCUT2D eigenvalue weighted by atomic mass is 9.85. The van der Waals surface area contributed by atoms with E-state index in [2.05, 4.69) is 11.7 Å². The molecule has 0 radical (unpaired) electrons. The van der Waals surface area contributed by atoms with Crippen LogP contribution in [0.4, 0.5) is 14.5 Å². The number of ether oxygens (including phenoxy) is 1. The molecule has 5 nitrogen and oxygen atoms in total. The van der Waals surface area contributed by atoms with Gasteiger partial charge in [0.1, 0.15) is 17.3 Å². The van der Waals surface area contributed by atoms with Crippen molar-refractivity contribution in [1.29, 1.82) is 0 Å². The summed E-state index contributed by atoms with van der Waals surface area (Å²) in [7, 11) is 0. The molecule has 0 fully saturated rings. The minimum Gasteiger partial charge on any atom is -0.462 e. The third kappa shape index (κ3) is 5.51. The summed E-state index contributed by atoms with van der Waals surface area (Å²) in [6.45, 7) is 11.4. The van der Waals surface area contributed by atoms with Crippen LogP contribution in [-0.4, -0.2) is 27.2 Å². The van der Waals surface area contributed by atoms with Gasteiger partial charge >= 0.3 is 5.97 Å². The average Bonchev–Trinajstić information content (AvgIpc) is 3.21. The zero-order valence-electron chi connectivity index (χ0n) is 18.5. The molecule has 0 bridgehead atoms. The Morgan fingerprint density at radius 3 is 2.66 bits per heavy atom. The van der Waals surface area contributed by atoms with Gasteiger partial charge in [-0.1, -0.05) is 37.2 Å². The van der Waals surface area contributed by atoms with Crippen LogP contribution in [0.3, 0.4) is 0 Å². The van der Waals surface area contributed by atoms with Crippen molar-refractivity contribution < 1.29 is 18.3 Å². The fourth-order valence-electron chi connectivity index (χ4n) is 3.30. The first-order chi connectivity index (χ1) is 15.1. The van der Waals surface area contributed by atoms with E-state index >= 15 is 0 Å². The first-order valence-corrected chi connectivity index (χ1v) is 10.9. The number of halogens is 4. The van der Waals surface area contributed by atoms with Crippen molar-refractivity contribution >= 4 is 34.9 Å². The first-order valence-electron chi connectivity index (χ1n) is 10.2. The van der Waals surface area contributed by atoms with Gasteiger partial charge in [0.25, 0.3) is 0 Å². The van der Waals surface area contributed by atoms with Crippen molar-refractivity contribution in [3.63, 3.8) is 0 Å². The predicted molar refractivity (Wildman–Crippen MR) is 124 cm³/mol. The van der Waals surface area contributed by atoms with Gasteiger partial charge in [0, 0.05) is 12.7 Å². The molecule has 32 heavy (non-hydrogen) atoms. The third-order valence-corrected chi connectivity index (χ3v) is 6.05. The van der Waals surface area contributed by atoms with Crippen molar-refractivity contribution in [3.05, 3.63) is 71.3 Å². The molecule has 0 aliphatic carbocycles. The summed E-state index contributed by atoms with van der Waals surface area (Å²) in [6, 6.07) is 4.49. The molecule has 2 unspecified atom stereocenters. The summed E-state index contributed by atoms with van der Waals surface area (Å²) < 4.78 is 35.8. The molecule has 9 heteroatoms. The Morgan fingerprint density at radius 1 is 1.44 bits per heavy atom. The van der Waals surface area contributed by atoms with E-state index in [9.17, 15) is 13.6 Å². The minimum atomic E-state index is -1.31. The molecular weight excluding hydrogens is 459 g/mol. The van der Waals surface area contributed by atoms with E-state index in [0.717, 1.165) is 0 Å². The lowest BCUT2D eigenvalue weighted by Gasteiger charge is -2.37. The summed E-state index contributed by atoms with van der Waals surface area (Å²) in [5.41, 5.74) is 0.634. The van der Waals surface area contributed by atoms with Crippen LogP contribution in [0.15, 0.2) is 54.4 Å². The molecule has 0 saturated heterocycles. The van der Waals surface area contributed by atoms with E-state index in [1.165, 1.54) is 17.2 Å². The van der Waals surface area contributed by atoms with Crippen molar-refractivity contribution in [2.45, 2.75) is 45.5 Å². The van der Waals surface area contributed by atoms with Crippen molar-refractivity contribution in [1.82, 2.24) is 9.78 Å². The van der Waals surface area contributed by atoms with Gasteiger partial charge in [-0.2, -0.15) is 5.10 Å². The van der Waals surface area contributed by atoms with E-state index in [1.807, 2.05) is 6.92 Å². The second kappa shape index (κ2) is 11.0. The van der Waals surface area contributed by atoms with E-state index in [0.29, 0.717) is 18.6 Å². The number of nitrogens with zero attached hydrogens (tertiary/aromatic N) is 3. The van der Waals surface area contributed by atoms with Crippen LogP contribution in [-0.2, 0) is 17.7 Å². The molecule has 2 aromatic rings. The van der Waals surface area contributed by atoms with E-state index < -0.39 is 22.6 Å². The number of aromatic nitrogens is 2. The summed E-state index contributed by atoms with van der Waals surface area (Å²) in [5, 5.41) is 4.22. The molecule has 174 valence electrons. The van der Waals surface area contributed by atoms with Gasteiger partial charge in [0.15, 0.2) is 0 Å². The zero-order chi connectivity index (χ0) is 24.1. The summed E-state index contributed by atoms with van der Waals surface area (Å²) in [6.07, 6.45) is 3.72. The molecule has 0 spiro atoms. The van der Waals surface area contributed by atoms with E-state index in [1.54, 1.807) is 43.8 Å². The molecule has 0 N–H and O–H groups in total. The standard InChI is InChI=1S/C23H27Cl2F2N3O2/c1-6-29-14-18(13-28-29)30(16(4)24)20(12-26)23(5,25)15(3)11-17-9-8-10-19(21(17)27)22(31)32-7-2/h8-10,12-15H,4,6-7,11H2,1-3,5H3/b20-12-. The Labute approximate surface area is 197 Å². The molecule has 0 aliphatic rings. The lowest BCUT2D eigenvalue weighted by molar-refractivity contribution is 0.0520. The van der Waals surface area contributed by atoms with E-state index in [-0.39, 0.29) is 35.0 Å². The van der Waals surface area contributed by atoms with Crippen LogP contribution in [0.2, 0.25) is 0 Å². The number of alkyl halides is 1. The maximum atomic E-state index is 15.0. The maximum absolute atomic E-state index is 15.0. The molecule has 1 aromatic carbocycles. The van der Waals surface area contributed by atoms with Gasteiger partial charge in [0.2, 0.25) is 0 Å². The number of esters is 1. The number of rotatable bonds is 10. The minimum absolute atomic E-state index is 0.0270. The van der Waals surface area contributed by atoms with Gasteiger partial charge in [-0.3, -0.25) is 9.58 Å². The normalized spacial score (nSPS) is 14.6. The topological polar surface area (TPSA) is 47.4 Å². The van der Waals surface area contributed by atoms with Gasteiger partial charge in [-0.25, -0.2) is 13.6 Å². The highest BCUT2D eigenvalue weighted by Crippen LogP contribution is 2.41.